The summed E-state index contributed by atoms with van der Waals surface area (Å²) < 4.78 is 4.93. The minimum Gasteiger partial charge on any atom is -0.385 e. The maximum Gasteiger partial charge on any atom is 0.237 e. The molecule has 1 aromatic rings. The van der Waals surface area contributed by atoms with Crippen molar-refractivity contribution in [3.8, 4) is 0 Å². The lowest BCUT2D eigenvalue weighted by atomic mass is 10.1. The second-order valence-corrected chi connectivity index (χ2v) is 4.23. The van der Waals surface area contributed by atoms with Crippen LogP contribution in [0.25, 0.3) is 0 Å². The highest BCUT2D eigenvalue weighted by molar-refractivity contribution is 5.81. The number of rotatable bonds is 7. The van der Waals surface area contributed by atoms with Gasteiger partial charge in [-0.05, 0) is 31.9 Å². The van der Waals surface area contributed by atoms with Gasteiger partial charge in [-0.1, -0.05) is 6.07 Å². The molecule has 0 aliphatic carbocycles. The van der Waals surface area contributed by atoms with Crippen LogP contribution in [-0.4, -0.2) is 30.6 Å². The van der Waals surface area contributed by atoms with Gasteiger partial charge in [0.15, 0.2) is 0 Å². The first-order chi connectivity index (χ1) is 8.65. The number of hydrogen-bond donors (Lipinski definition) is 2. The third kappa shape index (κ3) is 4.81. The molecule has 0 spiro atoms. The molecule has 0 aliphatic rings. The smallest absolute Gasteiger partial charge is 0.237 e. The number of nitrogens with zero attached hydrogens (tertiary/aromatic N) is 1. The van der Waals surface area contributed by atoms with Gasteiger partial charge in [0.05, 0.1) is 17.8 Å². The lowest BCUT2D eigenvalue weighted by Crippen LogP contribution is -2.41. The summed E-state index contributed by atoms with van der Waals surface area (Å²) in [5.74, 6) is -0.149. The van der Waals surface area contributed by atoms with Crippen LogP contribution in [0.15, 0.2) is 24.4 Å². The number of ether oxygens (including phenoxy) is 1. The van der Waals surface area contributed by atoms with Gasteiger partial charge in [-0.2, -0.15) is 0 Å². The van der Waals surface area contributed by atoms with E-state index in [9.17, 15) is 4.79 Å². The van der Waals surface area contributed by atoms with Crippen LogP contribution in [0.5, 0.6) is 0 Å². The fourth-order valence-electron chi connectivity index (χ4n) is 1.61. The highest BCUT2D eigenvalue weighted by Crippen LogP contribution is 2.08. The zero-order valence-corrected chi connectivity index (χ0v) is 10.9. The molecule has 0 aliphatic heterocycles. The Morgan fingerprint density at radius 1 is 1.56 bits per heavy atom. The van der Waals surface area contributed by atoms with E-state index in [2.05, 4.69) is 10.3 Å². The van der Waals surface area contributed by atoms with Crippen molar-refractivity contribution in [3.05, 3.63) is 30.1 Å². The largest absolute Gasteiger partial charge is 0.385 e. The summed E-state index contributed by atoms with van der Waals surface area (Å²) in [6.07, 6.45) is 3.11. The number of hydrogen-bond acceptors (Lipinski definition) is 4. The minimum atomic E-state index is -0.494. The summed E-state index contributed by atoms with van der Waals surface area (Å²) in [5.41, 5.74) is 6.63. The number of pyridine rings is 1. The SMILES string of the molecule is COCCCC(N)C(=O)NC(C)c1ccccn1. The van der Waals surface area contributed by atoms with Crippen LogP contribution in [-0.2, 0) is 9.53 Å². The van der Waals surface area contributed by atoms with E-state index < -0.39 is 6.04 Å². The Morgan fingerprint density at radius 2 is 2.33 bits per heavy atom. The Morgan fingerprint density at radius 3 is 2.94 bits per heavy atom. The molecule has 2 unspecified atom stereocenters. The van der Waals surface area contributed by atoms with Gasteiger partial charge in [0.1, 0.15) is 0 Å². The fraction of sp³-hybridized carbons (Fsp3) is 0.538. The first-order valence-corrected chi connectivity index (χ1v) is 6.11. The van der Waals surface area contributed by atoms with Crippen LogP contribution < -0.4 is 11.1 Å². The first kappa shape index (κ1) is 14.6. The van der Waals surface area contributed by atoms with Gasteiger partial charge in [0.25, 0.3) is 0 Å². The van der Waals surface area contributed by atoms with E-state index in [1.54, 1.807) is 13.3 Å². The predicted octanol–water partition coefficient (Wildman–Crippen LogP) is 1.01. The Labute approximate surface area is 108 Å². The second kappa shape index (κ2) is 7.79. The Balaban J connectivity index is 2.39. The van der Waals surface area contributed by atoms with Gasteiger partial charge in [0.2, 0.25) is 5.91 Å². The molecular formula is C13H21N3O2. The number of carbonyl (C=O) groups is 1. The summed E-state index contributed by atoms with van der Waals surface area (Å²) in [4.78, 5) is 16.0. The average molecular weight is 251 g/mol. The summed E-state index contributed by atoms with van der Waals surface area (Å²) in [7, 11) is 1.63. The zero-order chi connectivity index (χ0) is 13.4. The molecule has 18 heavy (non-hydrogen) atoms. The molecule has 1 heterocycles. The average Bonchev–Trinajstić information content (AvgIpc) is 2.39. The number of aromatic nitrogens is 1. The van der Waals surface area contributed by atoms with Crippen molar-refractivity contribution in [2.24, 2.45) is 5.73 Å². The number of carbonyl (C=O) groups excluding carboxylic acids is 1. The van der Waals surface area contributed by atoms with E-state index in [1.807, 2.05) is 25.1 Å². The van der Waals surface area contributed by atoms with Crippen LogP contribution in [0.3, 0.4) is 0 Å². The molecule has 1 aromatic heterocycles. The molecule has 0 aromatic carbocycles. The second-order valence-electron chi connectivity index (χ2n) is 4.23. The molecule has 5 heteroatoms. The third-order valence-corrected chi connectivity index (χ3v) is 2.69. The summed E-state index contributed by atoms with van der Waals surface area (Å²) in [6, 6.07) is 4.98. The van der Waals surface area contributed by atoms with Crippen molar-refractivity contribution in [1.82, 2.24) is 10.3 Å². The van der Waals surface area contributed by atoms with E-state index in [0.29, 0.717) is 13.0 Å². The zero-order valence-electron chi connectivity index (χ0n) is 10.9. The summed E-state index contributed by atoms with van der Waals surface area (Å²) in [6.45, 7) is 2.51. The number of nitrogens with one attached hydrogen (secondary N) is 1. The Bertz CT molecular complexity index is 357. The quantitative estimate of drug-likeness (QED) is 0.709. The molecule has 0 radical (unpaired) electrons. The molecule has 0 fully saturated rings. The van der Waals surface area contributed by atoms with Crippen LogP contribution in [0.4, 0.5) is 0 Å². The summed E-state index contributed by atoms with van der Waals surface area (Å²) >= 11 is 0. The van der Waals surface area contributed by atoms with Gasteiger partial charge < -0.3 is 15.8 Å². The van der Waals surface area contributed by atoms with E-state index in [-0.39, 0.29) is 11.9 Å². The monoisotopic (exact) mass is 251 g/mol. The maximum absolute atomic E-state index is 11.8. The van der Waals surface area contributed by atoms with Gasteiger partial charge >= 0.3 is 0 Å². The van der Waals surface area contributed by atoms with Crippen molar-refractivity contribution < 1.29 is 9.53 Å². The highest BCUT2D eigenvalue weighted by Gasteiger charge is 2.16. The molecule has 2 atom stereocenters. The van der Waals surface area contributed by atoms with Gasteiger partial charge in [-0.25, -0.2) is 0 Å². The van der Waals surface area contributed by atoms with Gasteiger partial charge in [-0.15, -0.1) is 0 Å². The Hall–Kier alpha value is -1.46. The number of methoxy groups -OCH3 is 1. The van der Waals surface area contributed by atoms with Crippen LogP contribution in [0.2, 0.25) is 0 Å². The highest BCUT2D eigenvalue weighted by atomic mass is 16.5. The van der Waals surface area contributed by atoms with E-state index in [1.165, 1.54) is 0 Å². The lowest BCUT2D eigenvalue weighted by Gasteiger charge is -2.17. The van der Waals surface area contributed by atoms with Crippen molar-refractivity contribution in [3.63, 3.8) is 0 Å². The number of amides is 1. The van der Waals surface area contributed by atoms with Crippen LogP contribution in [0.1, 0.15) is 31.5 Å². The molecule has 0 saturated heterocycles. The molecule has 5 nitrogen and oxygen atoms in total. The maximum atomic E-state index is 11.8. The van der Waals surface area contributed by atoms with Crippen molar-refractivity contribution in [2.45, 2.75) is 31.8 Å². The topological polar surface area (TPSA) is 77.2 Å². The molecule has 100 valence electrons. The normalized spacial score (nSPS) is 13.9. The van der Waals surface area contributed by atoms with E-state index in [4.69, 9.17) is 10.5 Å². The summed E-state index contributed by atoms with van der Waals surface area (Å²) in [5, 5.41) is 2.86. The van der Waals surface area contributed by atoms with Gasteiger partial charge in [-0.3, -0.25) is 9.78 Å². The molecule has 0 saturated carbocycles. The first-order valence-electron chi connectivity index (χ1n) is 6.11. The minimum absolute atomic E-state index is 0.132. The molecule has 0 bridgehead atoms. The van der Waals surface area contributed by atoms with E-state index in [0.717, 1.165) is 12.1 Å². The van der Waals surface area contributed by atoms with Crippen molar-refractivity contribution in [2.75, 3.05) is 13.7 Å². The predicted molar refractivity (Wildman–Crippen MR) is 69.9 cm³/mol. The lowest BCUT2D eigenvalue weighted by molar-refractivity contribution is -0.123. The molecule has 1 amide bonds. The van der Waals surface area contributed by atoms with Crippen LogP contribution in [0, 0.1) is 0 Å². The fourth-order valence-corrected chi connectivity index (χ4v) is 1.61. The molecule has 1 rings (SSSR count). The third-order valence-electron chi connectivity index (χ3n) is 2.69. The van der Waals surface area contributed by atoms with Crippen molar-refractivity contribution >= 4 is 5.91 Å². The van der Waals surface area contributed by atoms with E-state index >= 15 is 0 Å². The molecule has 3 N–H and O–H groups in total. The standard InChI is InChI=1S/C13H21N3O2/c1-10(12-7-3-4-8-15-12)16-13(17)11(14)6-5-9-18-2/h3-4,7-8,10-11H,5-6,9,14H2,1-2H3,(H,16,17). The van der Waals surface area contributed by atoms with Crippen molar-refractivity contribution in [1.29, 1.82) is 0 Å². The number of nitrogens with two attached hydrogens (primary N) is 1. The van der Waals surface area contributed by atoms with Crippen LogP contribution >= 0.6 is 0 Å². The van der Waals surface area contributed by atoms with Gasteiger partial charge in [0, 0.05) is 19.9 Å². The molecular weight excluding hydrogens is 230 g/mol. The Kier molecular flexibility index (Phi) is 6.32.